The Kier molecular flexibility index (Phi) is 2.10. The van der Waals surface area contributed by atoms with Crippen molar-refractivity contribution in [1.82, 2.24) is 0 Å². The highest BCUT2D eigenvalue weighted by molar-refractivity contribution is 5.89. The van der Waals surface area contributed by atoms with Crippen LogP contribution in [0.25, 0.3) is 22.9 Å². The number of hydrogen-bond acceptors (Lipinski definition) is 0. The van der Waals surface area contributed by atoms with Gasteiger partial charge in [-0.1, -0.05) is 30.4 Å². The Labute approximate surface area is 95.9 Å². The smallest absolute Gasteiger partial charge is 0.0119 e. The minimum absolute atomic E-state index is 1.18. The second kappa shape index (κ2) is 3.48. The monoisotopic (exact) mass is 208 g/mol. The Morgan fingerprint density at radius 2 is 1.81 bits per heavy atom. The fraction of sp³-hybridized carbons (Fsp3) is 0.250. The van der Waals surface area contributed by atoms with Gasteiger partial charge in [0.2, 0.25) is 0 Å². The lowest BCUT2D eigenvalue weighted by molar-refractivity contribution is 1.11. The molecular weight excluding hydrogens is 192 g/mol. The maximum absolute atomic E-state index is 2.39. The largest absolute Gasteiger partial charge is 0.0763 e. The van der Waals surface area contributed by atoms with E-state index < -0.39 is 0 Å². The lowest BCUT2D eigenvalue weighted by atomic mass is 9.95. The molecule has 0 nitrogen and oxygen atoms in total. The average Bonchev–Trinajstić information content (AvgIpc) is 2.29. The van der Waals surface area contributed by atoms with Crippen LogP contribution < -0.4 is 10.4 Å². The van der Waals surface area contributed by atoms with E-state index in [1.807, 2.05) is 0 Å². The summed E-state index contributed by atoms with van der Waals surface area (Å²) >= 11 is 0. The Hall–Kier alpha value is -1.56. The van der Waals surface area contributed by atoms with Crippen molar-refractivity contribution in [3.63, 3.8) is 0 Å². The number of benzene rings is 2. The van der Waals surface area contributed by atoms with Crippen molar-refractivity contribution in [2.45, 2.75) is 26.7 Å². The summed E-state index contributed by atoms with van der Waals surface area (Å²) in [6.07, 6.45) is 7.12. The number of hydrogen-bond donors (Lipinski definition) is 0. The lowest BCUT2D eigenvalue weighted by Gasteiger charge is -2.10. The van der Waals surface area contributed by atoms with Crippen LogP contribution in [-0.4, -0.2) is 0 Å². The van der Waals surface area contributed by atoms with Crippen molar-refractivity contribution in [1.29, 1.82) is 0 Å². The van der Waals surface area contributed by atoms with Gasteiger partial charge in [0.1, 0.15) is 0 Å². The summed E-state index contributed by atoms with van der Waals surface area (Å²) in [4.78, 5) is 0. The van der Waals surface area contributed by atoms with Crippen molar-refractivity contribution in [2.24, 2.45) is 0 Å². The molecule has 0 aliphatic heterocycles. The molecule has 0 saturated carbocycles. The van der Waals surface area contributed by atoms with E-state index >= 15 is 0 Å². The van der Waals surface area contributed by atoms with Gasteiger partial charge in [-0.3, -0.25) is 0 Å². The molecule has 0 amide bonds. The van der Waals surface area contributed by atoms with Gasteiger partial charge < -0.3 is 0 Å². The van der Waals surface area contributed by atoms with Crippen LogP contribution >= 0.6 is 0 Å². The first-order valence-electron chi connectivity index (χ1n) is 5.97. The Bertz CT molecular complexity index is 675. The predicted molar refractivity (Wildman–Crippen MR) is 70.8 cm³/mol. The molecule has 1 aliphatic rings. The van der Waals surface area contributed by atoms with Gasteiger partial charge in [0.05, 0.1) is 0 Å². The number of rotatable bonds is 0. The van der Waals surface area contributed by atoms with E-state index in [0.717, 1.165) is 0 Å². The van der Waals surface area contributed by atoms with Crippen LogP contribution in [0.3, 0.4) is 0 Å². The first kappa shape index (κ1) is 9.65. The molecule has 2 aromatic rings. The van der Waals surface area contributed by atoms with Crippen molar-refractivity contribution in [3.8, 4) is 0 Å². The topological polar surface area (TPSA) is 0 Å². The Morgan fingerprint density at radius 3 is 2.69 bits per heavy atom. The van der Waals surface area contributed by atoms with Gasteiger partial charge in [0, 0.05) is 0 Å². The third-order valence-corrected chi connectivity index (χ3v) is 3.59. The van der Waals surface area contributed by atoms with Crippen LogP contribution in [0.15, 0.2) is 24.3 Å². The molecule has 0 N–H and O–H groups in total. The molecule has 0 bridgehead atoms. The summed E-state index contributed by atoms with van der Waals surface area (Å²) in [5.74, 6) is 0. The molecule has 0 aromatic heterocycles. The third-order valence-electron chi connectivity index (χ3n) is 3.59. The molecule has 1 aliphatic carbocycles. The first-order chi connectivity index (χ1) is 7.77. The molecule has 0 heterocycles. The maximum Gasteiger partial charge on any atom is -0.0119 e. The van der Waals surface area contributed by atoms with Gasteiger partial charge in [-0.2, -0.15) is 0 Å². The fourth-order valence-electron chi connectivity index (χ4n) is 2.83. The number of fused-ring (bicyclic) bond motifs is 2. The summed E-state index contributed by atoms with van der Waals surface area (Å²) in [6, 6.07) is 8.91. The van der Waals surface area contributed by atoms with Crippen molar-refractivity contribution in [2.75, 3.05) is 0 Å². The van der Waals surface area contributed by atoms with Crippen LogP contribution in [0.1, 0.15) is 24.0 Å². The van der Waals surface area contributed by atoms with Crippen LogP contribution in [0, 0.1) is 13.8 Å². The molecule has 16 heavy (non-hydrogen) atoms. The number of aryl methyl sites for hydroxylation is 2. The summed E-state index contributed by atoms with van der Waals surface area (Å²) in [7, 11) is 0. The van der Waals surface area contributed by atoms with E-state index in [1.165, 1.54) is 45.2 Å². The van der Waals surface area contributed by atoms with Gasteiger partial charge in [0.25, 0.3) is 0 Å². The molecule has 0 fully saturated rings. The molecular formula is C16H16. The summed E-state index contributed by atoms with van der Waals surface area (Å²) in [5, 5.41) is 5.69. The van der Waals surface area contributed by atoms with Gasteiger partial charge in [-0.05, 0) is 65.1 Å². The van der Waals surface area contributed by atoms with Crippen molar-refractivity contribution in [3.05, 3.63) is 45.8 Å². The van der Waals surface area contributed by atoms with E-state index in [1.54, 1.807) is 0 Å². The summed E-state index contributed by atoms with van der Waals surface area (Å²) < 4.78 is 0. The summed E-state index contributed by atoms with van der Waals surface area (Å²) in [6.45, 7) is 4.46. The van der Waals surface area contributed by atoms with Crippen LogP contribution in [0.4, 0.5) is 0 Å². The second-order valence-electron chi connectivity index (χ2n) is 4.66. The van der Waals surface area contributed by atoms with Crippen molar-refractivity contribution < 1.29 is 0 Å². The highest BCUT2D eigenvalue weighted by atomic mass is 14.1. The zero-order valence-corrected chi connectivity index (χ0v) is 9.88. The van der Waals surface area contributed by atoms with E-state index in [4.69, 9.17) is 0 Å². The van der Waals surface area contributed by atoms with Crippen LogP contribution in [0.2, 0.25) is 0 Å². The minimum Gasteiger partial charge on any atom is -0.0763 e. The lowest BCUT2D eigenvalue weighted by Crippen LogP contribution is -2.29. The first-order valence-corrected chi connectivity index (χ1v) is 5.97. The molecule has 0 saturated heterocycles. The van der Waals surface area contributed by atoms with Crippen LogP contribution in [0.5, 0.6) is 0 Å². The Morgan fingerprint density at radius 1 is 1.00 bits per heavy atom. The predicted octanol–water partition coefficient (Wildman–Crippen LogP) is 2.81. The fourth-order valence-corrected chi connectivity index (χ4v) is 2.83. The SMILES string of the molecule is Cc1cccc2cc3c(c(C)c12)=CCCC=3. The minimum atomic E-state index is 1.18. The molecule has 0 spiro atoms. The van der Waals surface area contributed by atoms with E-state index in [9.17, 15) is 0 Å². The van der Waals surface area contributed by atoms with Gasteiger partial charge >= 0.3 is 0 Å². The molecule has 0 heteroatoms. The highest BCUT2D eigenvalue weighted by Crippen LogP contribution is 2.18. The second-order valence-corrected chi connectivity index (χ2v) is 4.66. The van der Waals surface area contributed by atoms with Gasteiger partial charge in [-0.25, -0.2) is 0 Å². The molecule has 0 radical (unpaired) electrons. The van der Waals surface area contributed by atoms with Gasteiger partial charge in [0.15, 0.2) is 0 Å². The molecule has 2 aromatic carbocycles. The highest BCUT2D eigenvalue weighted by Gasteiger charge is 2.04. The molecule has 0 unspecified atom stereocenters. The quantitative estimate of drug-likeness (QED) is 0.624. The molecule has 80 valence electrons. The van der Waals surface area contributed by atoms with E-state index in [2.05, 4.69) is 50.3 Å². The third kappa shape index (κ3) is 1.30. The average molecular weight is 208 g/mol. The normalized spacial score (nSPS) is 14.1. The Balaban J connectivity index is 2.61. The van der Waals surface area contributed by atoms with Crippen molar-refractivity contribution >= 4 is 22.9 Å². The summed E-state index contributed by atoms with van der Waals surface area (Å²) in [5.41, 5.74) is 2.83. The standard InChI is InChI=1S/C16H16/c1-11-6-5-8-14-10-13-7-3-4-9-15(13)12(2)16(11)14/h5-10H,3-4H2,1-2H3. The molecule has 3 rings (SSSR count). The van der Waals surface area contributed by atoms with Crippen LogP contribution in [-0.2, 0) is 0 Å². The van der Waals surface area contributed by atoms with E-state index in [0.29, 0.717) is 0 Å². The maximum atomic E-state index is 2.39. The van der Waals surface area contributed by atoms with Gasteiger partial charge in [-0.15, -0.1) is 0 Å². The van der Waals surface area contributed by atoms with E-state index in [-0.39, 0.29) is 0 Å². The molecule has 0 atom stereocenters. The zero-order valence-electron chi connectivity index (χ0n) is 9.88. The zero-order chi connectivity index (χ0) is 11.1.